The summed E-state index contributed by atoms with van der Waals surface area (Å²) >= 11 is 0. The van der Waals surface area contributed by atoms with Gasteiger partial charge in [-0.3, -0.25) is 4.79 Å². The van der Waals surface area contributed by atoms with Gasteiger partial charge < -0.3 is 4.43 Å². The van der Waals surface area contributed by atoms with E-state index in [2.05, 4.69) is 39.6 Å². The Bertz CT molecular complexity index is 604. The fourth-order valence-corrected chi connectivity index (χ4v) is 8.21. The number of allylic oxidation sites excluding steroid dienone is 1. The van der Waals surface area contributed by atoms with Crippen LogP contribution in [0.5, 0.6) is 0 Å². The number of Topliss-reactive ketones (excluding diaryl/α,β-unsaturated/α-hetero) is 1. The first-order valence-corrected chi connectivity index (χ1v) is 13.9. The van der Waals surface area contributed by atoms with Crippen molar-refractivity contribution >= 4 is 14.1 Å². The molecule has 0 bridgehead atoms. The molecule has 140 valence electrons. The Morgan fingerprint density at radius 3 is 2.56 bits per heavy atom. The van der Waals surface area contributed by atoms with E-state index in [1.807, 2.05) is 0 Å². The smallest absolute Gasteiger partial charge is 0.184 e. The van der Waals surface area contributed by atoms with Gasteiger partial charge in [0.25, 0.3) is 0 Å². The van der Waals surface area contributed by atoms with Crippen LogP contribution in [0.2, 0.25) is 19.6 Å². The van der Waals surface area contributed by atoms with Gasteiger partial charge in [-0.15, -0.1) is 0 Å². The van der Waals surface area contributed by atoms with Crippen molar-refractivity contribution in [3.8, 4) is 0 Å². The third-order valence-electron chi connectivity index (χ3n) is 8.15. The zero-order valence-electron chi connectivity index (χ0n) is 16.9. The van der Waals surface area contributed by atoms with Gasteiger partial charge in [-0.05, 0) is 86.7 Å². The maximum atomic E-state index is 12.2. The molecule has 0 aromatic carbocycles. The highest BCUT2D eigenvalue weighted by Crippen LogP contribution is 2.64. The molecule has 0 aliphatic heterocycles. The van der Waals surface area contributed by atoms with Crippen LogP contribution in [-0.2, 0) is 9.22 Å². The third-order valence-corrected chi connectivity index (χ3v) is 9.19. The normalized spacial score (nSPS) is 46.9. The minimum absolute atomic E-state index is 0.304. The Morgan fingerprint density at radius 2 is 1.84 bits per heavy atom. The van der Waals surface area contributed by atoms with E-state index in [4.69, 9.17) is 4.43 Å². The van der Waals surface area contributed by atoms with Crippen LogP contribution >= 0.6 is 0 Å². The second-order valence-electron chi connectivity index (χ2n) is 11.0. The van der Waals surface area contributed by atoms with E-state index in [0.717, 1.165) is 31.1 Å². The van der Waals surface area contributed by atoms with Gasteiger partial charge in [-0.2, -0.15) is 0 Å². The van der Waals surface area contributed by atoms with Crippen LogP contribution in [0.25, 0.3) is 0 Å². The van der Waals surface area contributed by atoms with Crippen LogP contribution in [0.15, 0.2) is 11.6 Å². The molecule has 4 aliphatic rings. The molecular formula is C22H36O2Si. The SMILES string of the molecule is C[C@]12CC[C@H]3[C@@H](CC=C4CC(O[Si](C)(C)C)CC[C@@]43C)[C@@H]1CC(=O)C2. The van der Waals surface area contributed by atoms with Gasteiger partial charge in [0.05, 0.1) is 0 Å². The molecule has 2 nitrogen and oxygen atoms in total. The van der Waals surface area contributed by atoms with Gasteiger partial charge in [-0.25, -0.2) is 0 Å². The first kappa shape index (κ1) is 18.0. The number of rotatable bonds is 2. The molecule has 3 heteroatoms. The minimum Gasteiger partial charge on any atom is -0.414 e. The van der Waals surface area contributed by atoms with Gasteiger partial charge in [0.2, 0.25) is 0 Å². The van der Waals surface area contributed by atoms with E-state index in [0.29, 0.717) is 28.6 Å². The van der Waals surface area contributed by atoms with Crippen molar-refractivity contribution in [3.63, 3.8) is 0 Å². The van der Waals surface area contributed by atoms with Crippen molar-refractivity contribution in [3.05, 3.63) is 11.6 Å². The molecule has 0 saturated heterocycles. The highest BCUT2D eigenvalue weighted by molar-refractivity contribution is 6.69. The van der Waals surface area contributed by atoms with Crippen LogP contribution in [-0.4, -0.2) is 20.2 Å². The van der Waals surface area contributed by atoms with Gasteiger partial charge in [0, 0.05) is 18.9 Å². The molecule has 0 spiro atoms. The largest absolute Gasteiger partial charge is 0.414 e. The summed E-state index contributed by atoms with van der Waals surface area (Å²) in [7, 11) is -1.46. The van der Waals surface area contributed by atoms with Crippen LogP contribution in [0.3, 0.4) is 0 Å². The molecule has 4 aliphatic carbocycles. The number of carbonyl (C=O) groups excluding carboxylic acids is 1. The maximum absolute atomic E-state index is 12.2. The van der Waals surface area contributed by atoms with Gasteiger partial charge in [0.15, 0.2) is 8.32 Å². The number of ketones is 1. The zero-order valence-corrected chi connectivity index (χ0v) is 17.9. The lowest BCUT2D eigenvalue weighted by atomic mass is 9.48. The standard InChI is InChI=1S/C22H36O2Si/c1-21-10-9-19-18(20(21)13-16(23)14-21)7-6-15-12-17(24-25(3,4)5)8-11-22(15,19)2/h6,17-20H,7-14H2,1-5H3/t17?,18-,19+,20+,21-,22+/m1/s1. The maximum Gasteiger partial charge on any atom is 0.184 e. The van der Waals surface area contributed by atoms with E-state index >= 15 is 0 Å². The second kappa shape index (κ2) is 5.79. The number of fused-ring (bicyclic) bond motifs is 5. The lowest BCUT2D eigenvalue weighted by Gasteiger charge is -2.57. The van der Waals surface area contributed by atoms with E-state index in [1.165, 1.54) is 32.1 Å². The van der Waals surface area contributed by atoms with Crippen molar-refractivity contribution in [2.24, 2.45) is 28.6 Å². The van der Waals surface area contributed by atoms with Gasteiger partial charge >= 0.3 is 0 Å². The molecule has 0 N–H and O–H groups in total. The number of hydrogen-bond donors (Lipinski definition) is 0. The Morgan fingerprint density at radius 1 is 1.08 bits per heavy atom. The minimum atomic E-state index is -1.46. The van der Waals surface area contributed by atoms with Crippen LogP contribution in [0.1, 0.15) is 65.2 Å². The Balaban J connectivity index is 1.57. The predicted molar refractivity (Wildman–Crippen MR) is 105 cm³/mol. The summed E-state index contributed by atoms with van der Waals surface area (Å²) in [4.78, 5) is 12.2. The average Bonchev–Trinajstić information content (AvgIpc) is 2.80. The topological polar surface area (TPSA) is 26.3 Å². The number of hydrogen-bond acceptors (Lipinski definition) is 2. The summed E-state index contributed by atoms with van der Waals surface area (Å²) in [5.74, 6) is 2.71. The predicted octanol–water partition coefficient (Wildman–Crippen LogP) is 5.74. The Kier molecular flexibility index (Phi) is 4.16. The highest BCUT2D eigenvalue weighted by Gasteiger charge is 2.57. The molecule has 0 radical (unpaired) electrons. The molecule has 25 heavy (non-hydrogen) atoms. The molecular weight excluding hydrogens is 324 g/mol. The Labute approximate surface area is 154 Å². The second-order valence-corrected chi connectivity index (χ2v) is 15.4. The summed E-state index contributed by atoms with van der Waals surface area (Å²) in [6.45, 7) is 11.9. The molecule has 0 aromatic heterocycles. The molecule has 3 fully saturated rings. The zero-order chi connectivity index (χ0) is 18.0. The lowest BCUT2D eigenvalue weighted by Crippen LogP contribution is -2.50. The molecule has 0 aromatic rings. The van der Waals surface area contributed by atoms with E-state index in [-0.39, 0.29) is 0 Å². The molecule has 4 rings (SSSR count). The fourth-order valence-electron chi connectivity index (χ4n) is 7.01. The van der Waals surface area contributed by atoms with Crippen molar-refractivity contribution in [1.29, 1.82) is 0 Å². The molecule has 6 atom stereocenters. The first-order valence-electron chi connectivity index (χ1n) is 10.5. The van der Waals surface area contributed by atoms with Crippen molar-refractivity contribution in [2.45, 2.75) is 91.0 Å². The van der Waals surface area contributed by atoms with Crippen molar-refractivity contribution in [2.75, 3.05) is 0 Å². The lowest BCUT2D eigenvalue weighted by molar-refractivity contribution is -0.118. The van der Waals surface area contributed by atoms with Crippen LogP contribution in [0.4, 0.5) is 0 Å². The van der Waals surface area contributed by atoms with Gasteiger partial charge in [-0.1, -0.05) is 25.5 Å². The van der Waals surface area contributed by atoms with E-state index in [1.54, 1.807) is 5.57 Å². The van der Waals surface area contributed by atoms with E-state index in [9.17, 15) is 4.79 Å². The summed E-state index contributed by atoms with van der Waals surface area (Å²) in [6, 6.07) is 0. The monoisotopic (exact) mass is 360 g/mol. The summed E-state index contributed by atoms with van der Waals surface area (Å²) in [5, 5.41) is 0. The molecule has 3 saturated carbocycles. The molecule has 0 heterocycles. The number of carbonyl (C=O) groups is 1. The Hall–Kier alpha value is -0.413. The summed E-state index contributed by atoms with van der Waals surface area (Å²) < 4.78 is 6.46. The van der Waals surface area contributed by atoms with Gasteiger partial charge in [0.1, 0.15) is 5.78 Å². The van der Waals surface area contributed by atoms with Crippen molar-refractivity contribution < 1.29 is 9.22 Å². The highest BCUT2D eigenvalue weighted by atomic mass is 28.4. The van der Waals surface area contributed by atoms with Crippen LogP contribution in [0, 0.1) is 28.6 Å². The third kappa shape index (κ3) is 2.99. The quantitative estimate of drug-likeness (QED) is 0.464. The van der Waals surface area contributed by atoms with E-state index < -0.39 is 8.32 Å². The summed E-state index contributed by atoms with van der Waals surface area (Å²) in [5.41, 5.74) is 2.36. The molecule has 1 unspecified atom stereocenters. The van der Waals surface area contributed by atoms with Crippen LogP contribution < -0.4 is 0 Å². The molecule has 0 amide bonds. The fraction of sp³-hybridized carbons (Fsp3) is 0.864. The summed E-state index contributed by atoms with van der Waals surface area (Å²) in [6.07, 6.45) is 12.2. The average molecular weight is 361 g/mol. The van der Waals surface area contributed by atoms with Crippen molar-refractivity contribution in [1.82, 2.24) is 0 Å². The first-order chi connectivity index (χ1) is 11.6.